The van der Waals surface area contributed by atoms with Crippen LogP contribution >= 0.6 is 0 Å². The van der Waals surface area contributed by atoms with Gasteiger partial charge in [0, 0.05) is 105 Å². The van der Waals surface area contributed by atoms with Crippen molar-refractivity contribution in [2.75, 3.05) is 66.1 Å². The molecule has 3 aliphatic heterocycles. The van der Waals surface area contributed by atoms with Gasteiger partial charge in [-0.3, -0.25) is 43.3 Å². The number of nitrogens with one attached hydrogen (secondary N) is 2. The average molecular weight is 1710 g/mol. The summed E-state index contributed by atoms with van der Waals surface area (Å²) < 4.78 is 66.9. The second-order valence-electron chi connectivity index (χ2n) is 38.2. The lowest BCUT2D eigenvalue weighted by molar-refractivity contribution is -0.244. The maximum atomic E-state index is 14.2. The number of hydrogen-bond acceptors (Lipinski definition) is 20. The number of carbonyl (C=O) groups excluding carboxylic acids is 9. The molecular formula is C99H161N3O20. The molecule has 13 unspecified atom stereocenters. The van der Waals surface area contributed by atoms with E-state index >= 15 is 0 Å². The molecule has 0 aromatic heterocycles. The Balaban J connectivity index is 0.739. The summed E-state index contributed by atoms with van der Waals surface area (Å²) in [7, 11) is 0. The number of benzene rings is 1. The first-order valence-corrected chi connectivity index (χ1v) is 48.2. The van der Waals surface area contributed by atoms with E-state index in [0.29, 0.717) is 115 Å². The van der Waals surface area contributed by atoms with E-state index in [4.69, 9.17) is 52.1 Å². The highest BCUT2D eigenvalue weighted by molar-refractivity contribution is 5.80. The number of likely N-dealkylation sites (tertiary alicyclic amines) is 1. The largest absolute Gasteiger partial charge is 0.463 e. The van der Waals surface area contributed by atoms with Crippen LogP contribution < -0.4 is 10.6 Å². The molecule has 3 amide bonds. The van der Waals surface area contributed by atoms with Crippen LogP contribution in [-0.4, -0.2) is 185 Å². The van der Waals surface area contributed by atoms with Gasteiger partial charge in [-0.2, -0.15) is 0 Å². The lowest BCUT2D eigenvalue weighted by atomic mass is 9.49. The maximum Gasteiger partial charge on any atom is 0.410 e. The van der Waals surface area contributed by atoms with E-state index in [1.165, 1.54) is 118 Å². The van der Waals surface area contributed by atoms with E-state index in [1.807, 2.05) is 58.0 Å². The van der Waals surface area contributed by atoms with Crippen LogP contribution in [0.2, 0.25) is 0 Å². The molecule has 1 aromatic rings. The molecule has 122 heavy (non-hydrogen) atoms. The Kier molecular flexibility index (Phi) is 45.6. The van der Waals surface area contributed by atoms with Crippen molar-refractivity contribution in [2.24, 2.45) is 70.5 Å². The number of rotatable bonds is 60. The predicted molar refractivity (Wildman–Crippen MR) is 470 cm³/mol. The third kappa shape index (κ3) is 33.6. The summed E-state index contributed by atoms with van der Waals surface area (Å²) in [6.07, 6.45) is 32.9. The zero-order chi connectivity index (χ0) is 87.9. The Morgan fingerprint density at radius 2 is 0.926 bits per heavy atom. The van der Waals surface area contributed by atoms with Gasteiger partial charge >= 0.3 is 18.0 Å². The highest BCUT2D eigenvalue weighted by atomic mass is 16.7. The SMILES string of the molecule is CC(=O)NC1C(OCCCCC(=O)CCCCCC(=O)CCOCC2C(OCCC(=O)CCCCCC(=O)CCCCOC3OC(COC(C)=O)C(C)C(C)C3NC(C)=O)C(COCCCCCCCCCCO[C@@H]3C=C4CC[C@H]5[C@@H]6CC[C@H]([C@H](C)CCCC(C)C)[C@H]6CC[C@@H]5[C@@]4(C)CC3)N2C(=O)OCc2ccccc2)OC(COC(C)=O)C(C)C1C. The third-order valence-corrected chi connectivity index (χ3v) is 28.7. The molecule has 6 fully saturated rings. The smallest absolute Gasteiger partial charge is 0.410 e. The van der Waals surface area contributed by atoms with Gasteiger partial charge in [0.15, 0.2) is 12.6 Å². The summed E-state index contributed by atoms with van der Waals surface area (Å²) in [5.74, 6) is 5.55. The van der Waals surface area contributed by atoms with Gasteiger partial charge in [-0.1, -0.05) is 168 Å². The molecule has 692 valence electrons. The minimum atomic E-state index is -0.725. The number of hydrogen-bond donors (Lipinski definition) is 2. The summed E-state index contributed by atoms with van der Waals surface area (Å²) in [6.45, 7) is 26.4. The van der Waals surface area contributed by atoms with Crippen molar-refractivity contribution in [2.45, 2.75) is 388 Å². The molecule has 3 heterocycles. The van der Waals surface area contributed by atoms with Crippen molar-refractivity contribution in [3.8, 4) is 0 Å². The van der Waals surface area contributed by atoms with Crippen molar-refractivity contribution >= 4 is 53.0 Å². The fraction of sp³-hybridized carbons (Fsp3) is 0.828. The lowest BCUT2D eigenvalue weighted by Gasteiger charge is -2.56. The van der Waals surface area contributed by atoms with E-state index in [-0.39, 0.29) is 148 Å². The number of nitrogens with zero attached hydrogens (tertiary/aromatic N) is 1. The fourth-order valence-corrected chi connectivity index (χ4v) is 21.1. The molecule has 3 saturated carbocycles. The second-order valence-corrected chi connectivity index (χ2v) is 38.2. The fourth-order valence-electron chi connectivity index (χ4n) is 21.1. The molecule has 8 rings (SSSR count). The molecule has 0 spiro atoms. The summed E-state index contributed by atoms with van der Waals surface area (Å²) in [5, 5.41) is 5.93. The van der Waals surface area contributed by atoms with Crippen molar-refractivity contribution in [3.63, 3.8) is 0 Å². The van der Waals surface area contributed by atoms with Crippen LogP contribution in [-0.2, 0) is 97.1 Å². The van der Waals surface area contributed by atoms with Crippen LogP contribution in [0.1, 0.15) is 326 Å². The molecule has 4 aliphatic carbocycles. The standard InChI is InChI=1S/C99H161N3O20/c1-67(2)35-34-36-68(3)84-47-48-86-85(84)49-50-88-87(86)46-45-78-61-83(51-54-99(78,88)12)114-56-31-18-16-14-13-15-17-30-55-112-63-89-95(115-60-53-82(110)42-27-21-25-40-80(108)44-29-33-58-117-97-94(101-74(9)104)72(7)70(5)92(122-97)66-119-76(11)106)90(102(89)98(111)120-62-77-37-22-19-23-38-77)64-113-59-52-81(109)41-26-20-24-39-79(107)43-28-32-57-116-96-93(100-73(8)103)71(6)69(4)91(121-96)65-118-75(10)105/h19,22-23,37-38,61,67-72,83-97H,13-18,20-21,24-36,39-60,62-66H2,1-12H3,(H,100,103)(H,101,104)/t68-,69?,70?,71?,72?,83+,84-,85-,86-,87+,88+,89?,90?,91?,92?,93?,94?,95?,96?,97?,99+/m1/s1. The maximum absolute atomic E-state index is 14.2. The number of ether oxygens (including phenoxy) is 11. The molecule has 3 saturated heterocycles. The molecule has 1 aromatic carbocycles. The zero-order valence-electron chi connectivity index (χ0n) is 77.1. The summed E-state index contributed by atoms with van der Waals surface area (Å²) in [5.41, 5.74) is 2.92. The van der Waals surface area contributed by atoms with E-state index in [9.17, 15) is 43.2 Å². The number of ketones is 4. The van der Waals surface area contributed by atoms with Crippen molar-refractivity contribution in [1.82, 2.24) is 15.5 Å². The number of allylic oxidation sites excluding steroid dienone is 1. The van der Waals surface area contributed by atoms with Gasteiger partial charge in [-0.25, -0.2) is 4.79 Å². The monoisotopic (exact) mass is 1710 g/mol. The lowest BCUT2D eigenvalue weighted by Crippen LogP contribution is -2.73. The van der Waals surface area contributed by atoms with Crippen LogP contribution in [0, 0.1) is 70.5 Å². The first-order valence-electron chi connectivity index (χ1n) is 48.2. The zero-order valence-corrected chi connectivity index (χ0v) is 77.1. The number of Topliss-reactive ketones (excluding diaryl/α,β-unsaturated/α-hetero) is 4. The Bertz CT molecular complexity index is 3330. The van der Waals surface area contributed by atoms with Gasteiger partial charge in [0.25, 0.3) is 0 Å². The van der Waals surface area contributed by atoms with E-state index in [2.05, 4.69) is 44.4 Å². The van der Waals surface area contributed by atoms with Gasteiger partial charge in [0.2, 0.25) is 11.8 Å². The first-order chi connectivity index (χ1) is 58.7. The van der Waals surface area contributed by atoms with E-state index in [0.717, 1.165) is 98.5 Å². The highest BCUT2D eigenvalue weighted by Gasteiger charge is 2.56. The van der Waals surface area contributed by atoms with Crippen molar-refractivity contribution < 1.29 is 95.3 Å². The molecule has 0 bridgehead atoms. The van der Waals surface area contributed by atoms with E-state index < -0.39 is 48.8 Å². The third-order valence-electron chi connectivity index (χ3n) is 28.7. The van der Waals surface area contributed by atoms with Gasteiger partial charge < -0.3 is 62.7 Å². The van der Waals surface area contributed by atoms with Gasteiger partial charge in [-0.05, 0) is 192 Å². The van der Waals surface area contributed by atoms with Gasteiger partial charge in [-0.15, -0.1) is 0 Å². The highest BCUT2D eigenvalue weighted by Crippen LogP contribution is 2.64. The topological polar surface area (TPSA) is 282 Å². The van der Waals surface area contributed by atoms with Gasteiger partial charge in [0.05, 0.1) is 68.9 Å². The van der Waals surface area contributed by atoms with Crippen LogP contribution in [0.3, 0.4) is 0 Å². The molecular weight excluding hydrogens is 1550 g/mol. The van der Waals surface area contributed by atoms with Crippen LogP contribution in [0.15, 0.2) is 42.0 Å². The number of amides is 3. The van der Waals surface area contributed by atoms with Crippen molar-refractivity contribution in [1.29, 1.82) is 0 Å². The molecule has 0 radical (unpaired) electrons. The molecule has 2 N–H and O–H groups in total. The summed E-state index contributed by atoms with van der Waals surface area (Å²) in [4.78, 5) is 116. The summed E-state index contributed by atoms with van der Waals surface area (Å²) >= 11 is 0. The van der Waals surface area contributed by atoms with Crippen LogP contribution in [0.4, 0.5) is 4.79 Å². The Labute approximate surface area is 732 Å². The molecule has 23 heteroatoms. The molecule has 21 atom stereocenters. The van der Waals surface area contributed by atoms with Crippen LogP contribution in [0.5, 0.6) is 0 Å². The number of carbonyl (C=O) groups is 9. The Morgan fingerprint density at radius 1 is 0.459 bits per heavy atom. The van der Waals surface area contributed by atoms with Crippen molar-refractivity contribution in [3.05, 3.63) is 47.5 Å². The molecule has 23 nitrogen and oxygen atoms in total. The van der Waals surface area contributed by atoms with E-state index in [1.54, 1.807) is 10.5 Å². The van der Waals surface area contributed by atoms with Crippen LogP contribution in [0.25, 0.3) is 0 Å². The first kappa shape index (κ1) is 102. The minimum Gasteiger partial charge on any atom is -0.463 e. The Morgan fingerprint density at radius 3 is 1.45 bits per heavy atom. The minimum absolute atomic E-state index is 0.000456. The Hall–Kier alpha value is -5.53. The normalized spacial score (nSPS) is 28.8. The number of unbranched alkanes of at least 4 members (excludes halogenated alkanes) is 13. The quantitative estimate of drug-likeness (QED) is 0.0265. The van der Waals surface area contributed by atoms with Gasteiger partial charge in [0.1, 0.15) is 49.1 Å². The number of esters is 2. The number of fused-ring (bicyclic) bond motifs is 5. The predicted octanol–water partition coefficient (Wildman–Crippen LogP) is 18.4. The average Bonchev–Trinajstić information content (AvgIpc) is 1.31. The molecule has 7 aliphatic rings. The second kappa shape index (κ2) is 54.6. The summed E-state index contributed by atoms with van der Waals surface area (Å²) in [6, 6.07) is 7.66.